The van der Waals surface area contributed by atoms with Crippen LogP contribution in [0, 0.1) is 12.3 Å². The molecule has 1 heterocycles. The summed E-state index contributed by atoms with van der Waals surface area (Å²) < 4.78 is 0. The van der Waals surface area contributed by atoms with Crippen LogP contribution in [-0.4, -0.2) is 23.2 Å². The lowest BCUT2D eigenvalue weighted by atomic mass is 9.69. The number of aromatic amines is 1. The number of rotatable bonds is 4. The number of Topliss-reactive ketones (excluding diaryl/α,β-unsaturated/α-hetero) is 1. The summed E-state index contributed by atoms with van der Waals surface area (Å²) in [5.41, 5.74) is 2.91. The molecule has 2 N–H and O–H groups in total. The summed E-state index contributed by atoms with van der Waals surface area (Å²) in [7, 11) is 0. The molecule has 1 aromatic carbocycles. The molecule has 0 atom stereocenters. The Balaban J connectivity index is 1.59. The van der Waals surface area contributed by atoms with Crippen molar-refractivity contribution in [1.82, 2.24) is 10.3 Å². The standard InChI is InChI=1S/C26H32N2O3/c1-17-8-7-9-18(12-17)26(10-5-4-6-11-26)16-27-23(30)20-13-19-21(28-24(20)31)14-25(2,3)15-22(19)29/h7-9,12-13H,4-6,10-11,14-16H2,1-3H3,(H,27,30)(H,28,31). The van der Waals surface area contributed by atoms with Crippen molar-refractivity contribution < 1.29 is 9.59 Å². The van der Waals surface area contributed by atoms with Crippen LogP contribution >= 0.6 is 0 Å². The second-order valence-corrected chi connectivity index (χ2v) is 10.2. The molecule has 0 spiro atoms. The van der Waals surface area contributed by atoms with Crippen molar-refractivity contribution in [2.45, 2.75) is 71.1 Å². The highest BCUT2D eigenvalue weighted by atomic mass is 16.2. The average Bonchev–Trinajstić information content (AvgIpc) is 2.71. The van der Waals surface area contributed by atoms with Crippen LogP contribution in [0.25, 0.3) is 0 Å². The summed E-state index contributed by atoms with van der Waals surface area (Å²) >= 11 is 0. The van der Waals surface area contributed by atoms with Crippen LogP contribution in [-0.2, 0) is 11.8 Å². The van der Waals surface area contributed by atoms with E-state index < -0.39 is 11.5 Å². The third kappa shape index (κ3) is 4.36. The maximum atomic E-state index is 13.0. The molecule has 2 aliphatic rings. The molecule has 2 aliphatic carbocycles. The minimum atomic E-state index is -0.421. The summed E-state index contributed by atoms with van der Waals surface area (Å²) in [6, 6.07) is 10.0. The van der Waals surface area contributed by atoms with E-state index in [2.05, 4.69) is 41.5 Å². The summed E-state index contributed by atoms with van der Waals surface area (Å²) in [5.74, 6) is -0.417. The van der Waals surface area contributed by atoms with Crippen molar-refractivity contribution in [3.05, 3.63) is 68.6 Å². The minimum Gasteiger partial charge on any atom is -0.351 e. The fourth-order valence-electron chi connectivity index (χ4n) is 5.31. The molecule has 164 valence electrons. The molecule has 0 unspecified atom stereocenters. The van der Waals surface area contributed by atoms with Gasteiger partial charge in [0.2, 0.25) is 0 Å². The highest BCUT2D eigenvalue weighted by Gasteiger charge is 2.35. The Bertz CT molecular complexity index is 1070. The molecule has 1 fully saturated rings. The maximum Gasteiger partial charge on any atom is 0.261 e. The molecule has 0 saturated heterocycles. The third-order valence-corrected chi connectivity index (χ3v) is 6.99. The van der Waals surface area contributed by atoms with Crippen LogP contribution in [0.15, 0.2) is 35.1 Å². The van der Waals surface area contributed by atoms with E-state index >= 15 is 0 Å². The van der Waals surface area contributed by atoms with E-state index in [1.54, 1.807) is 0 Å². The van der Waals surface area contributed by atoms with Gasteiger partial charge in [0.1, 0.15) is 5.56 Å². The number of pyridine rings is 1. The Morgan fingerprint density at radius 3 is 2.52 bits per heavy atom. The van der Waals surface area contributed by atoms with Crippen molar-refractivity contribution in [3.8, 4) is 0 Å². The van der Waals surface area contributed by atoms with Crippen LogP contribution in [0.3, 0.4) is 0 Å². The molecule has 4 rings (SSSR count). The lowest BCUT2D eigenvalue weighted by Gasteiger charge is -2.38. The second kappa shape index (κ2) is 8.10. The van der Waals surface area contributed by atoms with Crippen LogP contribution < -0.4 is 10.9 Å². The van der Waals surface area contributed by atoms with E-state index in [4.69, 9.17) is 0 Å². The van der Waals surface area contributed by atoms with Crippen LogP contribution in [0.2, 0.25) is 0 Å². The van der Waals surface area contributed by atoms with Gasteiger partial charge >= 0.3 is 0 Å². The molecule has 1 amide bonds. The fraction of sp³-hybridized carbons (Fsp3) is 0.500. The first-order valence-corrected chi connectivity index (χ1v) is 11.3. The summed E-state index contributed by atoms with van der Waals surface area (Å²) in [6.07, 6.45) is 6.56. The molecule has 0 aliphatic heterocycles. The number of aryl methyl sites for hydroxylation is 1. The lowest BCUT2D eigenvalue weighted by molar-refractivity contribution is 0.0910. The Labute approximate surface area is 183 Å². The monoisotopic (exact) mass is 420 g/mol. The third-order valence-electron chi connectivity index (χ3n) is 6.99. The Kier molecular flexibility index (Phi) is 5.63. The number of amides is 1. The van der Waals surface area contributed by atoms with Crippen molar-refractivity contribution >= 4 is 11.7 Å². The normalized spacial score (nSPS) is 19.5. The number of hydrogen-bond acceptors (Lipinski definition) is 3. The molecule has 5 heteroatoms. The molecule has 5 nitrogen and oxygen atoms in total. The Morgan fingerprint density at radius 2 is 1.81 bits per heavy atom. The summed E-state index contributed by atoms with van der Waals surface area (Å²) in [5, 5.41) is 3.04. The molecule has 31 heavy (non-hydrogen) atoms. The topological polar surface area (TPSA) is 79.0 Å². The number of ketones is 1. The minimum absolute atomic E-state index is 0.0138. The van der Waals surface area contributed by atoms with Gasteiger partial charge < -0.3 is 10.3 Å². The number of carbonyl (C=O) groups is 2. The van der Waals surface area contributed by atoms with Gasteiger partial charge in [-0.1, -0.05) is 62.9 Å². The zero-order valence-electron chi connectivity index (χ0n) is 18.8. The Morgan fingerprint density at radius 1 is 1.06 bits per heavy atom. The fourth-order valence-corrected chi connectivity index (χ4v) is 5.31. The zero-order valence-corrected chi connectivity index (χ0v) is 18.8. The van der Waals surface area contributed by atoms with E-state index in [-0.39, 0.29) is 22.2 Å². The first-order valence-electron chi connectivity index (χ1n) is 11.3. The van der Waals surface area contributed by atoms with Crippen LogP contribution in [0.1, 0.15) is 89.9 Å². The van der Waals surface area contributed by atoms with Crippen molar-refractivity contribution in [1.29, 1.82) is 0 Å². The first-order chi connectivity index (χ1) is 14.7. The number of benzene rings is 1. The molecular weight excluding hydrogens is 388 g/mol. The largest absolute Gasteiger partial charge is 0.351 e. The van der Waals surface area contributed by atoms with Crippen LogP contribution in [0.4, 0.5) is 0 Å². The molecule has 0 bridgehead atoms. The number of H-pyrrole nitrogens is 1. The number of fused-ring (bicyclic) bond motifs is 1. The van der Waals surface area contributed by atoms with Gasteiger partial charge in [-0.25, -0.2) is 0 Å². The van der Waals surface area contributed by atoms with Gasteiger partial charge in [-0.05, 0) is 43.2 Å². The average molecular weight is 421 g/mol. The summed E-state index contributed by atoms with van der Waals surface area (Å²) in [6.45, 7) is 6.61. The molecule has 0 radical (unpaired) electrons. The van der Waals surface area contributed by atoms with Gasteiger partial charge in [-0.2, -0.15) is 0 Å². The van der Waals surface area contributed by atoms with Gasteiger partial charge in [0.25, 0.3) is 11.5 Å². The van der Waals surface area contributed by atoms with Crippen molar-refractivity contribution in [2.75, 3.05) is 6.54 Å². The van der Waals surface area contributed by atoms with Crippen molar-refractivity contribution in [2.24, 2.45) is 5.41 Å². The van der Waals surface area contributed by atoms with Crippen molar-refractivity contribution in [3.63, 3.8) is 0 Å². The summed E-state index contributed by atoms with van der Waals surface area (Å²) in [4.78, 5) is 41.1. The van der Waals surface area contributed by atoms with E-state index in [0.29, 0.717) is 30.6 Å². The number of nitrogens with one attached hydrogen (secondary N) is 2. The number of aromatic nitrogens is 1. The number of carbonyl (C=O) groups excluding carboxylic acids is 2. The quantitative estimate of drug-likeness (QED) is 0.766. The predicted molar refractivity (Wildman–Crippen MR) is 122 cm³/mol. The molecule has 1 aromatic heterocycles. The smallest absolute Gasteiger partial charge is 0.261 e. The number of hydrogen-bond donors (Lipinski definition) is 2. The molecule has 2 aromatic rings. The van der Waals surface area contributed by atoms with E-state index in [1.165, 1.54) is 23.6 Å². The van der Waals surface area contributed by atoms with Gasteiger partial charge in [0, 0.05) is 29.6 Å². The SMILES string of the molecule is Cc1cccc(C2(CNC(=O)c3cc4c([nH]c3=O)CC(C)(C)CC4=O)CCCCC2)c1. The van der Waals surface area contributed by atoms with Gasteiger partial charge in [0.15, 0.2) is 5.78 Å². The predicted octanol–water partition coefficient (Wildman–Crippen LogP) is 4.47. The van der Waals surface area contributed by atoms with Gasteiger partial charge in [0.05, 0.1) is 0 Å². The lowest BCUT2D eigenvalue weighted by Crippen LogP contribution is -2.43. The van der Waals surface area contributed by atoms with E-state index in [0.717, 1.165) is 25.7 Å². The zero-order chi connectivity index (χ0) is 22.2. The van der Waals surface area contributed by atoms with E-state index in [9.17, 15) is 14.4 Å². The van der Waals surface area contributed by atoms with Gasteiger partial charge in [-0.3, -0.25) is 14.4 Å². The second-order valence-electron chi connectivity index (χ2n) is 10.2. The molecular formula is C26H32N2O3. The van der Waals surface area contributed by atoms with Crippen LogP contribution in [0.5, 0.6) is 0 Å². The Hall–Kier alpha value is -2.69. The first kappa shape index (κ1) is 21.5. The highest BCUT2D eigenvalue weighted by Crippen LogP contribution is 2.39. The molecule has 1 saturated carbocycles. The van der Waals surface area contributed by atoms with Gasteiger partial charge in [-0.15, -0.1) is 0 Å². The maximum absolute atomic E-state index is 13.0. The highest BCUT2D eigenvalue weighted by molar-refractivity contribution is 6.02. The van der Waals surface area contributed by atoms with E-state index in [1.807, 2.05) is 13.8 Å².